The summed E-state index contributed by atoms with van der Waals surface area (Å²) in [5.41, 5.74) is -3.83. The molecule has 4 aliphatic heterocycles. The summed E-state index contributed by atoms with van der Waals surface area (Å²) < 4.78 is 30.7. The average molecular weight is 557 g/mol. The number of cyclic esters (lactones) is 2. The molecule has 40 heavy (non-hydrogen) atoms. The molecule has 2 saturated carbocycles. The molecule has 9 nitrogen and oxygen atoms in total. The number of hydrogen-bond donors (Lipinski definition) is 1. The molecule has 5 heterocycles. The van der Waals surface area contributed by atoms with Crippen molar-refractivity contribution in [3.63, 3.8) is 0 Å². The van der Waals surface area contributed by atoms with Crippen LogP contribution in [0.1, 0.15) is 90.6 Å². The molecule has 6 aliphatic rings. The standard InChI is InChI=1S/C31H40O9/c1-6-7-8-9-17-16(11-13-36-17)24-28(4)12-10-18-29(5,31(28)25(40-31)26(35)38-24)23(34)21(33)22-27(2,3)39-19-14-20(32)37-15-30(18,19)22/h11,13,18-19,22-25,34H,6-10,12,14-15H2,1-5H3. The second kappa shape index (κ2) is 8.19. The predicted molar refractivity (Wildman–Crippen MR) is 139 cm³/mol. The Balaban J connectivity index is 1.36. The van der Waals surface area contributed by atoms with Crippen molar-refractivity contribution in [1.82, 2.24) is 0 Å². The number of aryl methyl sites for hydroxylation is 1. The van der Waals surface area contributed by atoms with E-state index in [1.165, 1.54) is 0 Å². The van der Waals surface area contributed by atoms with Crippen LogP contribution >= 0.6 is 0 Å². The van der Waals surface area contributed by atoms with Crippen LogP contribution in [0.2, 0.25) is 0 Å². The van der Waals surface area contributed by atoms with Gasteiger partial charge in [-0.2, -0.15) is 0 Å². The van der Waals surface area contributed by atoms with E-state index in [9.17, 15) is 19.5 Å². The van der Waals surface area contributed by atoms with Crippen LogP contribution in [0.25, 0.3) is 0 Å². The number of esters is 2. The molecule has 1 aromatic rings. The van der Waals surface area contributed by atoms with Gasteiger partial charge >= 0.3 is 11.9 Å². The van der Waals surface area contributed by atoms with Crippen molar-refractivity contribution in [3.8, 4) is 0 Å². The molecule has 0 amide bonds. The summed E-state index contributed by atoms with van der Waals surface area (Å²) in [4.78, 5) is 40.3. The molecule has 2 aliphatic carbocycles. The molecule has 0 aromatic carbocycles. The Morgan fingerprint density at radius 1 is 1.05 bits per heavy atom. The summed E-state index contributed by atoms with van der Waals surface area (Å²) in [6, 6.07) is 1.89. The third kappa shape index (κ3) is 2.87. The van der Waals surface area contributed by atoms with E-state index in [-0.39, 0.29) is 30.7 Å². The Kier molecular flexibility index (Phi) is 5.46. The van der Waals surface area contributed by atoms with Gasteiger partial charge in [-0.3, -0.25) is 9.59 Å². The first kappa shape index (κ1) is 26.7. The Labute approximate surface area is 234 Å². The number of ketones is 1. The van der Waals surface area contributed by atoms with E-state index >= 15 is 0 Å². The van der Waals surface area contributed by atoms with E-state index in [2.05, 4.69) is 13.8 Å². The number of unbranched alkanes of at least 4 members (excludes halogenated alkanes) is 2. The number of aliphatic hydroxyl groups excluding tert-OH is 1. The molecule has 10 unspecified atom stereocenters. The van der Waals surface area contributed by atoms with E-state index in [0.717, 1.165) is 37.0 Å². The van der Waals surface area contributed by atoms with E-state index in [1.807, 2.05) is 26.8 Å². The Bertz CT molecular complexity index is 1280. The first-order valence-electron chi connectivity index (χ1n) is 14.9. The second-order valence-electron chi connectivity index (χ2n) is 14.0. The molecule has 1 aromatic heterocycles. The van der Waals surface area contributed by atoms with Gasteiger partial charge in [-0.05, 0) is 45.1 Å². The minimum Gasteiger partial charge on any atom is -0.469 e. The van der Waals surface area contributed by atoms with Crippen LogP contribution in [0.15, 0.2) is 16.7 Å². The number of carbonyl (C=O) groups is 3. The van der Waals surface area contributed by atoms with Gasteiger partial charge in [-0.1, -0.05) is 33.6 Å². The number of epoxide rings is 1. The predicted octanol–water partition coefficient (Wildman–Crippen LogP) is 3.84. The Morgan fingerprint density at radius 2 is 1.82 bits per heavy atom. The van der Waals surface area contributed by atoms with Gasteiger partial charge in [0.05, 0.1) is 30.3 Å². The quantitative estimate of drug-likeness (QED) is 0.327. The Morgan fingerprint density at radius 3 is 2.58 bits per heavy atom. The number of furan rings is 1. The number of rotatable bonds is 5. The SMILES string of the molecule is CCCCCc1occc1C1OC(=O)C2OC23C1(C)CCC1C24COC(=O)CC2OC(C)(C)C4C(=O)C(O)C13C. The minimum atomic E-state index is -1.38. The summed E-state index contributed by atoms with van der Waals surface area (Å²) in [6.07, 6.45) is 3.42. The Hall–Kier alpha value is -2.23. The summed E-state index contributed by atoms with van der Waals surface area (Å²) in [7, 11) is 0. The van der Waals surface area contributed by atoms with Crippen molar-refractivity contribution in [2.24, 2.45) is 28.1 Å². The zero-order valence-corrected chi connectivity index (χ0v) is 24.0. The number of aliphatic hydroxyl groups is 1. The second-order valence-corrected chi connectivity index (χ2v) is 14.0. The van der Waals surface area contributed by atoms with Crippen LogP contribution in [-0.2, 0) is 39.8 Å². The van der Waals surface area contributed by atoms with Crippen LogP contribution in [-0.4, -0.2) is 58.9 Å². The lowest BCUT2D eigenvalue weighted by molar-refractivity contribution is -0.252. The number of ether oxygens (including phenoxy) is 4. The van der Waals surface area contributed by atoms with Gasteiger partial charge in [-0.25, -0.2) is 4.79 Å². The molecule has 0 bridgehead atoms. The molecule has 6 fully saturated rings. The summed E-state index contributed by atoms with van der Waals surface area (Å²) in [5.74, 6) is -1.26. The van der Waals surface area contributed by atoms with Gasteiger partial charge in [0.15, 0.2) is 11.9 Å². The summed E-state index contributed by atoms with van der Waals surface area (Å²) in [5, 5.41) is 12.0. The average Bonchev–Trinajstić information content (AvgIpc) is 3.45. The van der Waals surface area contributed by atoms with Gasteiger partial charge in [0.1, 0.15) is 30.2 Å². The molecular weight excluding hydrogens is 516 g/mol. The van der Waals surface area contributed by atoms with E-state index in [1.54, 1.807) is 6.26 Å². The fourth-order valence-corrected chi connectivity index (χ4v) is 10.4. The maximum atomic E-state index is 14.3. The number of Topliss-reactive ketones (excluding diaryl/α,β-unsaturated/α-hetero) is 1. The van der Waals surface area contributed by atoms with Gasteiger partial charge < -0.3 is 28.5 Å². The van der Waals surface area contributed by atoms with Gasteiger partial charge in [0, 0.05) is 28.2 Å². The molecule has 9 heteroatoms. The van der Waals surface area contributed by atoms with Crippen molar-refractivity contribution in [2.75, 3.05) is 6.61 Å². The third-order valence-corrected chi connectivity index (χ3v) is 11.9. The summed E-state index contributed by atoms with van der Waals surface area (Å²) in [6.45, 7) is 9.92. The first-order valence-corrected chi connectivity index (χ1v) is 14.9. The highest BCUT2D eigenvalue weighted by Gasteiger charge is 2.90. The van der Waals surface area contributed by atoms with Gasteiger partial charge in [-0.15, -0.1) is 0 Å². The van der Waals surface area contributed by atoms with Crippen molar-refractivity contribution in [2.45, 2.75) is 115 Å². The van der Waals surface area contributed by atoms with Crippen molar-refractivity contribution < 1.29 is 42.9 Å². The van der Waals surface area contributed by atoms with Crippen molar-refractivity contribution >= 4 is 17.7 Å². The lowest BCUT2D eigenvalue weighted by Crippen LogP contribution is -2.76. The van der Waals surface area contributed by atoms with E-state index < -0.39 is 63.8 Å². The molecule has 10 atom stereocenters. The molecule has 1 N–H and O–H groups in total. The lowest BCUT2D eigenvalue weighted by atomic mass is 9.36. The van der Waals surface area contributed by atoms with E-state index in [0.29, 0.717) is 12.8 Å². The van der Waals surface area contributed by atoms with Crippen LogP contribution in [0, 0.1) is 28.1 Å². The first-order chi connectivity index (χ1) is 18.9. The van der Waals surface area contributed by atoms with Crippen LogP contribution < -0.4 is 0 Å². The molecule has 0 radical (unpaired) electrons. The maximum absolute atomic E-state index is 14.3. The van der Waals surface area contributed by atoms with E-state index in [4.69, 9.17) is 23.4 Å². The monoisotopic (exact) mass is 556 g/mol. The van der Waals surface area contributed by atoms with Crippen LogP contribution in [0.5, 0.6) is 0 Å². The fourth-order valence-electron chi connectivity index (χ4n) is 10.4. The topological polar surface area (TPSA) is 125 Å². The maximum Gasteiger partial charge on any atom is 0.339 e. The highest BCUT2D eigenvalue weighted by Crippen LogP contribution is 2.80. The molecular formula is C31H40O9. The largest absolute Gasteiger partial charge is 0.469 e. The fraction of sp³-hybridized carbons (Fsp3) is 0.774. The van der Waals surface area contributed by atoms with Crippen molar-refractivity contribution in [1.29, 1.82) is 0 Å². The molecule has 218 valence electrons. The van der Waals surface area contributed by atoms with Crippen LogP contribution in [0.3, 0.4) is 0 Å². The molecule has 2 spiro atoms. The highest BCUT2D eigenvalue weighted by atomic mass is 16.7. The lowest BCUT2D eigenvalue weighted by Gasteiger charge is -2.66. The third-order valence-electron chi connectivity index (χ3n) is 11.9. The number of hydrogen-bond acceptors (Lipinski definition) is 9. The normalized spacial score (nSPS) is 48.2. The number of fused-ring (bicyclic) bond motifs is 1. The zero-order valence-electron chi connectivity index (χ0n) is 24.0. The number of carbonyl (C=O) groups excluding carboxylic acids is 3. The zero-order chi connectivity index (χ0) is 28.5. The van der Waals surface area contributed by atoms with Gasteiger partial charge in [0.25, 0.3) is 0 Å². The highest BCUT2D eigenvalue weighted by molar-refractivity contribution is 5.92. The molecule has 7 rings (SSSR count). The summed E-state index contributed by atoms with van der Waals surface area (Å²) >= 11 is 0. The van der Waals surface area contributed by atoms with Crippen molar-refractivity contribution in [3.05, 3.63) is 23.7 Å². The minimum absolute atomic E-state index is 0.0535. The smallest absolute Gasteiger partial charge is 0.339 e. The van der Waals surface area contributed by atoms with Gasteiger partial charge in [0.2, 0.25) is 0 Å². The van der Waals surface area contributed by atoms with Crippen LogP contribution in [0.4, 0.5) is 0 Å². The molecule has 4 saturated heterocycles.